The number of carbonyl (C=O) groups is 1. The van der Waals surface area contributed by atoms with Crippen LogP contribution in [0.25, 0.3) is 0 Å². The van der Waals surface area contributed by atoms with Crippen molar-refractivity contribution in [3.63, 3.8) is 0 Å². The van der Waals surface area contributed by atoms with Crippen LogP contribution in [-0.2, 0) is 4.79 Å². The Morgan fingerprint density at radius 3 is 1.04 bits per heavy atom. The van der Waals surface area contributed by atoms with Crippen LogP contribution in [0.3, 0.4) is 0 Å². The molecule has 46 heavy (non-hydrogen) atoms. The van der Waals surface area contributed by atoms with Gasteiger partial charge in [0, 0.05) is 6.42 Å². The molecule has 0 rings (SSSR count). The number of aliphatic hydroxyl groups excluding tert-OH is 3. The Bertz CT molecular complexity index is 601. The summed E-state index contributed by atoms with van der Waals surface area (Å²) in [5, 5.41) is 33.5. The molecular weight excluding hydrogens is 570 g/mol. The zero-order chi connectivity index (χ0) is 33.8. The SMILES string of the molecule is CCCCCCCCCCCCCCCCCCCCC(O)C(O)C(CO)NC(=O)CCCCCCCCCCCCCCCC. The van der Waals surface area contributed by atoms with Crippen molar-refractivity contribution in [2.24, 2.45) is 0 Å². The third kappa shape index (κ3) is 31.9. The van der Waals surface area contributed by atoms with Crippen molar-refractivity contribution in [1.82, 2.24) is 5.32 Å². The highest BCUT2D eigenvalue weighted by atomic mass is 16.3. The zero-order valence-corrected chi connectivity index (χ0v) is 31.2. The van der Waals surface area contributed by atoms with Crippen LogP contribution in [0.1, 0.15) is 232 Å². The number of hydrogen-bond acceptors (Lipinski definition) is 4. The molecule has 0 aliphatic carbocycles. The number of nitrogens with one attached hydrogen (secondary N) is 1. The molecule has 5 nitrogen and oxygen atoms in total. The number of aliphatic hydroxyl groups is 3. The van der Waals surface area contributed by atoms with Crippen molar-refractivity contribution in [3.8, 4) is 0 Å². The fourth-order valence-corrected chi connectivity index (χ4v) is 6.69. The number of amides is 1. The molecule has 4 N–H and O–H groups in total. The summed E-state index contributed by atoms with van der Waals surface area (Å²) in [5.74, 6) is -0.141. The summed E-state index contributed by atoms with van der Waals surface area (Å²) < 4.78 is 0. The van der Waals surface area contributed by atoms with E-state index < -0.39 is 18.2 Å². The molecule has 0 aliphatic heterocycles. The molecule has 0 saturated heterocycles. The van der Waals surface area contributed by atoms with Crippen molar-refractivity contribution >= 4 is 5.91 Å². The van der Waals surface area contributed by atoms with Crippen LogP contribution < -0.4 is 5.32 Å². The molecule has 0 radical (unpaired) electrons. The van der Waals surface area contributed by atoms with E-state index in [2.05, 4.69) is 19.2 Å². The molecule has 0 aliphatic rings. The fraction of sp³-hybridized carbons (Fsp3) is 0.976. The van der Waals surface area contributed by atoms with Crippen LogP contribution in [0.4, 0.5) is 0 Å². The van der Waals surface area contributed by atoms with Crippen LogP contribution in [0.15, 0.2) is 0 Å². The summed E-state index contributed by atoms with van der Waals surface area (Å²) >= 11 is 0. The first-order valence-corrected chi connectivity index (χ1v) is 20.8. The Morgan fingerprint density at radius 1 is 0.457 bits per heavy atom. The van der Waals surface area contributed by atoms with E-state index >= 15 is 0 Å². The van der Waals surface area contributed by atoms with Gasteiger partial charge >= 0.3 is 0 Å². The average Bonchev–Trinajstić information content (AvgIpc) is 3.06. The second-order valence-corrected chi connectivity index (χ2v) is 14.6. The number of unbranched alkanes of at least 4 members (excludes halogenated alkanes) is 30. The smallest absolute Gasteiger partial charge is 0.220 e. The first-order valence-electron chi connectivity index (χ1n) is 20.8. The lowest BCUT2D eigenvalue weighted by Gasteiger charge is -2.26. The van der Waals surface area contributed by atoms with Gasteiger partial charge in [0.1, 0.15) is 6.10 Å². The maximum atomic E-state index is 12.4. The van der Waals surface area contributed by atoms with Gasteiger partial charge in [0.05, 0.1) is 18.8 Å². The Kier molecular flexibility index (Phi) is 36.6. The maximum Gasteiger partial charge on any atom is 0.220 e. The van der Waals surface area contributed by atoms with Gasteiger partial charge in [-0.1, -0.05) is 213 Å². The summed E-state index contributed by atoms with van der Waals surface area (Å²) in [5.41, 5.74) is 0. The lowest BCUT2D eigenvalue weighted by Crippen LogP contribution is -2.50. The summed E-state index contributed by atoms with van der Waals surface area (Å²) in [6.45, 7) is 4.19. The second-order valence-electron chi connectivity index (χ2n) is 14.6. The standard InChI is InChI=1S/C41H83NO4/c1-3-5-7-9-11-13-15-17-19-20-21-22-23-25-27-29-31-33-35-39(44)41(46)38(37-43)42-40(45)36-34-32-30-28-26-24-18-16-14-12-10-8-6-4-2/h38-39,41,43-44,46H,3-37H2,1-2H3,(H,42,45). The molecule has 0 fully saturated rings. The second kappa shape index (κ2) is 37.2. The highest BCUT2D eigenvalue weighted by molar-refractivity contribution is 5.76. The molecule has 5 heteroatoms. The molecule has 276 valence electrons. The normalized spacial score (nSPS) is 13.6. The highest BCUT2D eigenvalue weighted by Crippen LogP contribution is 2.17. The van der Waals surface area contributed by atoms with Gasteiger partial charge in [-0.15, -0.1) is 0 Å². The van der Waals surface area contributed by atoms with Gasteiger partial charge in [-0.2, -0.15) is 0 Å². The molecule has 3 unspecified atom stereocenters. The maximum absolute atomic E-state index is 12.4. The summed E-state index contributed by atoms with van der Waals surface area (Å²) in [6.07, 6.45) is 40.6. The van der Waals surface area contributed by atoms with Gasteiger partial charge in [-0.3, -0.25) is 4.79 Å². The quantitative estimate of drug-likeness (QED) is 0.0499. The molecule has 3 atom stereocenters. The molecule has 0 bridgehead atoms. The number of rotatable bonds is 38. The minimum absolute atomic E-state index is 0.141. The van der Waals surface area contributed by atoms with Crippen molar-refractivity contribution in [2.75, 3.05) is 6.61 Å². The lowest BCUT2D eigenvalue weighted by atomic mass is 9.99. The predicted molar refractivity (Wildman–Crippen MR) is 199 cm³/mol. The Labute approximate surface area is 287 Å². The van der Waals surface area contributed by atoms with Crippen LogP contribution in [0.5, 0.6) is 0 Å². The van der Waals surface area contributed by atoms with Crippen LogP contribution in [0.2, 0.25) is 0 Å². The van der Waals surface area contributed by atoms with E-state index in [1.165, 1.54) is 173 Å². The molecular formula is C41H83NO4. The van der Waals surface area contributed by atoms with Gasteiger partial charge in [0.25, 0.3) is 0 Å². The third-order valence-electron chi connectivity index (χ3n) is 9.96. The van der Waals surface area contributed by atoms with Crippen LogP contribution in [-0.4, -0.2) is 46.1 Å². The molecule has 0 aromatic carbocycles. The van der Waals surface area contributed by atoms with E-state index in [1.807, 2.05) is 0 Å². The minimum Gasteiger partial charge on any atom is -0.394 e. The first-order chi connectivity index (χ1) is 22.6. The van der Waals surface area contributed by atoms with Gasteiger partial charge < -0.3 is 20.6 Å². The summed E-state index contributed by atoms with van der Waals surface area (Å²) in [6, 6.07) is -0.801. The molecule has 1 amide bonds. The highest BCUT2D eigenvalue weighted by Gasteiger charge is 2.26. The van der Waals surface area contributed by atoms with Crippen LogP contribution >= 0.6 is 0 Å². The Morgan fingerprint density at radius 2 is 0.739 bits per heavy atom. The fourth-order valence-electron chi connectivity index (χ4n) is 6.69. The topological polar surface area (TPSA) is 89.8 Å². The van der Waals surface area contributed by atoms with Crippen molar-refractivity contribution in [1.29, 1.82) is 0 Å². The van der Waals surface area contributed by atoms with Gasteiger partial charge in [-0.25, -0.2) is 0 Å². The molecule has 0 spiro atoms. The van der Waals surface area contributed by atoms with Crippen molar-refractivity contribution < 1.29 is 20.1 Å². The Hall–Kier alpha value is -0.650. The van der Waals surface area contributed by atoms with Gasteiger partial charge in [-0.05, 0) is 12.8 Å². The predicted octanol–water partition coefficient (Wildman–Crippen LogP) is 11.5. The molecule has 0 aromatic heterocycles. The lowest BCUT2D eigenvalue weighted by molar-refractivity contribution is -0.124. The van der Waals surface area contributed by atoms with Gasteiger partial charge in [0.15, 0.2) is 0 Å². The van der Waals surface area contributed by atoms with E-state index in [0.717, 1.165) is 32.1 Å². The van der Waals surface area contributed by atoms with Crippen molar-refractivity contribution in [3.05, 3.63) is 0 Å². The monoisotopic (exact) mass is 654 g/mol. The number of carbonyl (C=O) groups excluding carboxylic acids is 1. The first kappa shape index (κ1) is 45.3. The van der Waals surface area contributed by atoms with Gasteiger partial charge in [0.2, 0.25) is 5.91 Å². The average molecular weight is 654 g/mol. The number of hydrogen-bond donors (Lipinski definition) is 4. The van der Waals surface area contributed by atoms with E-state index in [1.54, 1.807) is 0 Å². The van der Waals surface area contributed by atoms with Crippen molar-refractivity contribution in [2.45, 2.75) is 250 Å². The summed E-state index contributed by atoms with van der Waals surface area (Å²) in [7, 11) is 0. The van der Waals surface area contributed by atoms with E-state index in [4.69, 9.17) is 0 Å². The Balaban J connectivity index is 3.60. The molecule has 0 saturated carbocycles. The zero-order valence-electron chi connectivity index (χ0n) is 31.2. The summed E-state index contributed by atoms with van der Waals surface area (Å²) in [4.78, 5) is 12.4. The molecule has 0 heterocycles. The van der Waals surface area contributed by atoms with E-state index in [9.17, 15) is 20.1 Å². The van der Waals surface area contributed by atoms with Crippen LogP contribution in [0, 0.1) is 0 Å². The van der Waals surface area contributed by atoms with E-state index in [0.29, 0.717) is 12.8 Å². The molecule has 0 aromatic rings. The van der Waals surface area contributed by atoms with E-state index in [-0.39, 0.29) is 12.5 Å². The largest absolute Gasteiger partial charge is 0.394 e. The third-order valence-corrected chi connectivity index (χ3v) is 9.96. The minimum atomic E-state index is -1.13.